The summed E-state index contributed by atoms with van der Waals surface area (Å²) < 4.78 is 28.6. The van der Waals surface area contributed by atoms with Crippen molar-refractivity contribution in [2.45, 2.75) is 37.5 Å². The number of piperidine rings is 1. The molecule has 3 rings (SSSR count). The molecule has 1 N–H and O–H groups in total. The number of carbonyl (C=O) groups excluding carboxylic acids is 1. The van der Waals surface area contributed by atoms with Gasteiger partial charge in [0.2, 0.25) is 10.0 Å². The first kappa shape index (κ1) is 18.7. The minimum absolute atomic E-state index is 0.174. The van der Waals surface area contributed by atoms with Crippen LogP contribution in [0.5, 0.6) is 0 Å². The Kier molecular flexibility index (Phi) is 5.48. The van der Waals surface area contributed by atoms with E-state index >= 15 is 0 Å². The van der Waals surface area contributed by atoms with Gasteiger partial charge in [-0.3, -0.25) is 4.79 Å². The number of hydrogen-bond donors (Lipinski definition) is 1. The summed E-state index contributed by atoms with van der Waals surface area (Å²) in [6, 6.07) is 9.09. The third-order valence-corrected chi connectivity index (χ3v) is 6.65. The van der Waals surface area contributed by atoms with Crippen LogP contribution in [0, 0.1) is 0 Å². The topological polar surface area (TPSA) is 71.4 Å². The minimum atomic E-state index is -3.55. The summed E-state index contributed by atoms with van der Waals surface area (Å²) >= 11 is 0. The quantitative estimate of drug-likeness (QED) is 0.873. The first-order valence-corrected chi connectivity index (χ1v) is 10.4. The van der Waals surface area contributed by atoms with Gasteiger partial charge in [-0.2, -0.15) is 4.31 Å². The van der Waals surface area contributed by atoms with Gasteiger partial charge in [-0.25, -0.2) is 8.42 Å². The summed E-state index contributed by atoms with van der Waals surface area (Å²) in [4.78, 5) is 12.7. The number of aromatic nitrogens is 1. The van der Waals surface area contributed by atoms with Crippen molar-refractivity contribution in [3.05, 3.63) is 47.8 Å². The molecule has 1 saturated heterocycles. The molecule has 1 aromatic heterocycles. The maximum absolute atomic E-state index is 12.8. The fraction of sp³-hybridized carbons (Fsp3) is 0.421. The summed E-state index contributed by atoms with van der Waals surface area (Å²) in [6.07, 6.45) is 5.27. The second-order valence-corrected chi connectivity index (χ2v) is 8.58. The maximum atomic E-state index is 12.8. The summed E-state index contributed by atoms with van der Waals surface area (Å²) in [7, 11) is -1.86. The Balaban J connectivity index is 1.79. The Morgan fingerprint density at radius 3 is 2.38 bits per heavy atom. The van der Waals surface area contributed by atoms with Crippen molar-refractivity contribution in [3.8, 4) is 0 Å². The molecule has 140 valence electrons. The van der Waals surface area contributed by atoms with E-state index in [0.717, 1.165) is 25.7 Å². The number of aryl methyl sites for hydroxylation is 2. The Morgan fingerprint density at radius 2 is 1.77 bits per heavy atom. The Bertz CT molecular complexity index is 879. The van der Waals surface area contributed by atoms with Crippen LogP contribution in [0.4, 0.5) is 5.69 Å². The first-order chi connectivity index (χ1) is 12.4. The van der Waals surface area contributed by atoms with Crippen LogP contribution in [0.2, 0.25) is 0 Å². The van der Waals surface area contributed by atoms with Crippen molar-refractivity contribution < 1.29 is 13.2 Å². The predicted octanol–water partition coefficient (Wildman–Crippen LogP) is 3.01. The van der Waals surface area contributed by atoms with Crippen LogP contribution in [0.1, 0.15) is 42.2 Å². The SMILES string of the molecule is CCc1ccc(NC(=O)c2cc(S(=O)(=O)N3CCCCC3)cn2C)cc1. The highest BCUT2D eigenvalue weighted by Crippen LogP contribution is 2.23. The lowest BCUT2D eigenvalue weighted by atomic mass is 10.1. The van der Waals surface area contributed by atoms with E-state index < -0.39 is 10.0 Å². The van der Waals surface area contributed by atoms with Gasteiger partial charge in [0.25, 0.3) is 5.91 Å². The third kappa shape index (κ3) is 3.83. The molecule has 7 heteroatoms. The molecule has 0 aliphatic carbocycles. The van der Waals surface area contributed by atoms with Gasteiger partial charge < -0.3 is 9.88 Å². The minimum Gasteiger partial charge on any atom is -0.345 e. The zero-order valence-corrected chi connectivity index (χ0v) is 16.1. The molecule has 0 radical (unpaired) electrons. The van der Waals surface area contributed by atoms with Gasteiger partial charge in [0, 0.05) is 32.0 Å². The lowest BCUT2D eigenvalue weighted by molar-refractivity contribution is 0.101. The molecule has 1 aromatic carbocycles. The summed E-state index contributed by atoms with van der Waals surface area (Å²) in [5.74, 6) is -0.322. The van der Waals surface area contributed by atoms with E-state index in [1.807, 2.05) is 24.3 Å². The van der Waals surface area contributed by atoms with Crippen LogP contribution >= 0.6 is 0 Å². The molecule has 6 nitrogen and oxygen atoms in total. The predicted molar refractivity (Wildman–Crippen MR) is 102 cm³/mol. The molecule has 1 aliphatic heterocycles. The number of carbonyl (C=O) groups is 1. The van der Waals surface area contributed by atoms with Crippen molar-refractivity contribution in [2.24, 2.45) is 7.05 Å². The number of nitrogens with one attached hydrogen (secondary N) is 1. The van der Waals surface area contributed by atoms with E-state index in [2.05, 4.69) is 12.2 Å². The second-order valence-electron chi connectivity index (χ2n) is 6.64. The van der Waals surface area contributed by atoms with E-state index in [-0.39, 0.29) is 10.8 Å². The number of nitrogens with zero attached hydrogens (tertiary/aromatic N) is 2. The van der Waals surface area contributed by atoms with Gasteiger partial charge in [-0.05, 0) is 43.0 Å². The normalized spacial score (nSPS) is 15.8. The monoisotopic (exact) mass is 375 g/mol. The highest BCUT2D eigenvalue weighted by Gasteiger charge is 2.28. The molecule has 0 atom stereocenters. The molecule has 1 fully saturated rings. The van der Waals surface area contributed by atoms with Crippen LogP contribution in [0.3, 0.4) is 0 Å². The lowest BCUT2D eigenvalue weighted by Gasteiger charge is -2.25. The van der Waals surface area contributed by atoms with Gasteiger partial charge >= 0.3 is 0 Å². The van der Waals surface area contributed by atoms with Gasteiger partial charge in [0.15, 0.2) is 0 Å². The van der Waals surface area contributed by atoms with E-state index in [4.69, 9.17) is 0 Å². The van der Waals surface area contributed by atoms with Gasteiger partial charge in [-0.15, -0.1) is 0 Å². The third-order valence-electron chi connectivity index (χ3n) is 4.79. The molecule has 0 saturated carbocycles. The molecule has 2 aromatic rings. The van der Waals surface area contributed by atoms with Crippen molar-refractivity contribution in [1.29, 1.82) is 0 Å². The molecule has 2 heterocycles. The Morgan fingerprint density at radius 1 is 1.12 bits per heavy atom. The number of benzene rings is 1. The van der Waals surface area contributed by atoms with Crippen LogP contribution in [0.25, 0.3) is 0 Å². The van der Waals surface area contributed by atoms with Crippen molar-refractivity contribution in [1.82, 2.24) is 8.87 Å². The smallest absolute Gasteiger partial charge is 0.272 e. The second kappa shape index (κ2) is 7.63. The Labute approximate surface area is 154 Å². The van der Waals surface area contributed by atoms with E-state index in [0.29, 0.717) is 24.5 Å². The zero-order valence-electron chi connectivity index (χ0n) is 15.2. The Hall–Kier alpha value is -2.12. The number of sulfonamides is 1. The molecule has 26 heavy (non-hydrogen) atoms. The molecular weight excluding hydrogens is 350 g/mol. The number of amides is 1. The van der Waals surface area contributed by atoms with Crippen molar-refractivity contribution in [2.75, 3.05) is 18.4 Å². The fourth-order valence-corrected chi connectivity index (χ4v) is 4.76. The fourth-order valence-electron chi connectivity index (χ4n) is 3.17. The molecule has 0 bridgehead atoms. The summed E-state index contributed by atoms with van der Waals surface area (Å²) in [6.45, 7) is 3.16. The average molecular weight is 375 g/mol. The zero-order chi connectivity index (χ0) is 18.7. The molecular formula is C19H25N3O3S. The van der Waals surface area contributed by atoms with E-state index in [1.54, 1.807) is 11.6 Å². The number of hydrogen-bond acceptors (Lipinski definition) is 3. The van der Waals surface area contributed by atoms with Crippen LogP contribution in [-0.2, 0) is 23.5 Å². The number of rotatable bonds is 5. The van der Waals surface area contributed by atoms with E-state index in [1.165, 1.54) is 22.1 Å². The maximum Gasteiger partial charge on any atom is 0.272 e. The van der Waals surface area contributed by atoms with Crippen LogP contribution < -0.4 is 5.32 Å². The van der Waals surface area contributed by atoms with Crippen LogP contribution in [-0.4, -0.2) is 36.3 Å². The highest BCUT2D eigenvalue weighted by atomic mass is 32.2. The molecule has 0 spiro atoms. The van der Waals surface area contributed by atoms with Gasteiger partial charge in [-0.1, -0.05) is 25.5 Å². The number of anilines is 1. The standard InChI is InChI=1S/C19H25N3O3S/c1-3-15-7-9-16(10-8-15)20-19(23)18-13-17(14-21(18)2)26(24,25)22-11-5-4-6-12-22/h7-10,13-14H,3-6,11-12H2,1-2H3,(H,20,23). The van der Waals surface area contributed by atoms with E-state index in [9.17, 15) is 13.2 Å². The van der Waals surface area contributed by atoms with Crippen molar-refractivity contribution in [3.63, 3.8) is 0 Å². The largest absolute Gasteiger partial charge is 0.345 e. The van der Waals surface area contributed by atoms with Gasteiger partial charge in [0.1, 0.15) is 10.6 Å². The summed E-state index contributed by atoms with van der Waals surface area (Å²) in [5.41, 5.74) is 2.20. The average Bonchev–Trinajstić information content (AvgIpc) is 3.06. The molecule has 0 unspecified atom stereocenters. The molecule has 1 amide bonds. The van der Waals surface area contributed by atoms with Crippen LogP contribution in [0.15, 0.2) is 41.4 Å². The first-order valence-electron chi connectivity index (χ1n) is 8.98. The molecule has 1 aliphatic rings. The van der Waals surface area contributed by atoms with Gasteiger partial charge in [0.05, 0.1) is 0 Å². The highest BCUT2D eigenvalue weighted by molar-refractivity contribution is 7.89. The summed E-state index contributed by atoms with van der Waals surface area (Å²) in [5, 5.41) is 2.83. The lowest BCUT2D eigenvalue weighted by Crippen LogP contribution is -2.35. The van der Waals surface area contributed by atoms with Crippen molar-refractivity contribution >= 4 is 21.6 Å².